The molecule has 2 N–H and O–H groups in total. The molecule has 0 spiro atoms. The van der Waals surface area contributed by atoms with Crippen molar-refractivity contribution in [3.63, 3.8) is 0 Å². The van der Waals surface area contributed by atoms with Gasteiger partial charge in [0.1, 0.15) is 12.9 Å². The minimum absolute atomic E-state index is 0.0145. The van der Waals surface area contributed by atoms with Crippen molar-refractivity contribution in [1.82, 2.24) is 4.90 Å². The molecular formula is C22H23NO7. The lowest BCUT2D eigenvalue weighted by atomic mass is 9.89. The van der Waals surface area contributed by atoms with E-state index in [1.54, 1.807) is 54.6 Å². The Morgan fingerprint density at radius 1 is 0.867 bits per heavy atom. The van der Waals surface area contributed by atoms with Crippen LogP contribution in [0.1, 0.15) is 17.5 Å². The molecule has 2 atom stereocenters. The molecular weight excluding hydrogens is 390 g/mol. The number of aldehydes is 1. The summed E-state index contributed by atoms with van der Waals surface area (Å²) in [7, 11) is 0. The van der Waals surface area contributed by atoms with Gasteiger partial charge in [-0.3, -0.25) is 9.59 Å². The lowest BCUT2D eigenvalue weighted by molar-refractivity contribution is -0.155. The quantitative estimate of drug-likeness (QED) is 0.543. The first-order valence-corrected chi connectivity index (χ1v) is 9.31. The lowest BCUT2D eigenvalue weighted by Crippen LogP contribution is -2.42. The third-order valence-corrected chi connectivity index (χ3v) is 4.57. The third-order valence-electron chi connectivity index (χ3n) is 4.57. The number of ether oxygens (including phenoxy) is 1. The summed E-state index contributed by atoms with van der Waals surface area (Å²) in [6.07, 6.45) is -0.877. The third kappa shape index (κ3) is 6.73. The second-order valence-electron chi connectivity index (χ2n) is 6.70. The van der Waals surface area contributed by atoms with Gasteiger partial charge < -0.3 is 24.6 Å². The first-order valence-electron chi connectivity index (χ1n) is 9.31. The topological polar surface area (TPSA) is 121 Å². The maximum Gasteiger partial charge on any atom is 0.410 e. The predicted molar refractivity (Wildman–Crippen MR) is 106 cm³/mol. The van der Waals surface area contributed by atoms with Crippen molar-refractivity contribution in [3.8, 4) is 0 Å². The molecule has 0 radical (unpaired) electrons. The number of nitrogens with zero attached hydrogens (tertiary/aromatic N) is 1. The summed E-state index contributed by atoms with van der Waals surface area (Å²) in [5, 5.41) is 18.9. The van der Waals surface area contributed by atoms with Crippen molar-refractivity contribution in [1.29, 1.82) is 0 Å². The zero-order chi connectivity index (χ0) is 21.9. The summed E-state index contributed by atoms with van der Waals surface area (Å²) in [6, 6.07) is 17.8. The first-order chi connectivity index (χ1) is 14.4. The summed E-state index contributed by atoms with van der Waals surface area (Å²) in [4.78, 5) is 48.0. The van der Waals surface area contributed by atoms with Crippen LogP contribution in [0.2, 0.25) is 0 Å². The second-order valence-corrected chi connectivity index (χ2v) is 6.70. The number of carbonyl (C=O) groups excluding carboxylic acids is 2. The lowest BCUT2D eigenvalue weighted by Gasteiger charge is -2.27. The number of amides is 1. The van der Waals surface area contributed by atoms with Crippen LogP contribution in [-0.4, -0.2) is 46.0 Å². The highest BCUT2D eigenvalue weighted by molar-refractivity contribution is 5.82. The molecule has 0 bridgehead atoms. The Kier molecular flexibility index (Phi) is 8.56. The van der Waals surface area contributed by atoms with Gasteiger partial charge in [-0.15, -0.1) is 0 Å². The van der Waals surface area contributed by atoms with Crippen LogP contribution in [0, 0.1) is 11.8 Å². The molecule has 0 aromatic heterocycles. The molecule has 1 amide bonds. The molecule has 8 heteroatoms. The average Bonchev–Trinajstić information content (AvgIpc) is 2.74. The highest BCUT2D eigenvalue weighted by atomic mass is 16.6. The monoisotopic (exact) mass is 413 g/mol. The number of carbonyl (C=O) groups is 4. The minimum atomic E-state index is -1.47. The predicted octanol–water partition coefficient (Wildman–Crippen LogP) is 2.82. The molecule has 0 saturated heterocycles. The van der Waals surface area contributed by atoms with E-state index in [9.17, 15) is 29.4 Å². The zero-order valence-electron chi connectivity index (χ0n) is 16.2. The van der Waals surface area contributed by atoms with E-state index < -0.39 is 42.8 Å². The summed E-state index contributed by atoms with van der Waals surface area (Å²) < 4.78 is 5.32. The van der Waals surface area contributed by atoms with E-state index in [-0.39, 0.29) is 13.2 Å². The molecule has 158 valence electrons. The SMILES string of the molecule is O=CC[C@H](C(=O)O)[C@H](CN(Cc1ccccc1)C(=O)OCc1ccccc1)C(=O)O. The molecule has 0 aliphatic carbocycles. The highest BCUT2D eigenvalue weighted by Crippen LogP contribution is 2.20. The van der Waals surface area contributed by atoms with Gasteiger partial charge >= 0.3 is 18.0 Å². The largest absolute Gasteiger partial charge is 0.481 e. The van der Waals surface area contributed by atoms with Gasteiger partial charge in [0.25, 0.3) is 0 Å². The fourth-order valence-corrected chi connectivity index (χ4v) is 2.97. The highest BCUT2D eigenvalue weighted by Gasteiger charge is 2.36. The molecule has 0 heterocycles. The molecule has 30 heavy (non-hydrogen) atoms. The average molecular weight is 413 g/mol. The van der Waals surface area contributed by atoms with E-state index in [4.69, 9.17) is 4.74 Å². The molecule has 2 aromatic carbocycles. The summed E-state index contributed by atoms with van der Waals surface area (Å²) in [5.41, 5.74) is 1.48. The fraction of sp³-hybridized carbons (Fsp3) is 0.273. The number of aliphatic carboxylic acids is 2. The second kappa shape index (κ2) is 11.4. The van der Waals surface area contributed by atoms with Gasteiger partial charge in [-0.1, -0.05) is 60.7 Å². The fourth-order valence-electron chi connectivity index (χ4n) is 2.97. The van der Waals surface area contributed by atoms with Crippen molar-refractivity contribution in [3.05, 3.63) is 71.8 Å². The van der Waals surface area contributed by atoms with Crippen LogP contribution in [0.3, 0.4) is 0 Å². The van der Waals surface area contributed by atoms with Crippen LogP contribution in [0.15, 0.2) is 60.7 Å². The Bertz CT molecular complexity index is 854. The number of hydrogen-bond acceptors (Lipinski definition) is 5. The van der Waals surface area contributed by atoms with E-state index in [1.807, 2.05) is 6.07 Å². The van der Waals surface area contributed by atoms with Gasteiger partial charge in [0.05, 0.1) is 11.8 Å². The van der Waals surface area contributed by atoms with Gasteiger partial charge in [0.2, 0.25) is 0 Å². The molecule has 0 fully saturated rings. The molecule has 0 aliphatic rings. The van der Waals surface area contributed by atoms with Crippen LogP contribution < -0.4 is 0 Å². The number of carboxylic acids is 2. The van der Waals surface area contributed by atoms with Crippen LogP contribution in [0.5, 0.6) is 0 Å². The van der Waals surface area contributed by atoms with Gasteiger partial charge in [0, 0.05) is 19.5 Å². The first kappa shape index (κ1) is 22.6. The Morgan fingerprint density at radius 2 is 1.40 bits per heavy atom. The molecule has 0 aliphatic heterocycles. The van der Waals surface area contributed by atoms with Crippen molar-refractivity contribution in [2.75, 3.05) is 6.54 Å². The zero-order valence-corrected chi connectivity index (χ0v) is 16.2. The summed E-state index contributed by atoms with van der Waals surface area (Å²) >= 11 is 0. The number of carboxylic acid groups (broad SMARTS) is 2. The van der Waals surface area contributed by atoms with Crippen LogP contribution in [0.4, 0.5) is 4.79 Å². The maximum absolute atomic E-state index is 12.7. The smallest absolute Gasteiger partial charge is 0.410 e. The van der Waals surface area contributed by atoms with Crippen molar-refractivity contribution in [2.45, 2.75) is 19.6 Å². The molecule has 0 saturated carbocycles. The normalized spacial score (nSPS) is 12.4. The Balaban J connectivity index is 2.22. The molecule has 2 rings (SSSR count). The van der Waals surface area contributed by atoms with Crippen LogP contribution >= 0.6 is 0 Å². The van der Waals surface area contributed by atoms with E-state index in [1.165, 1.54) is 0 Å². The Labute approximate surface area is 173 Å². The van der Waals surface area contributed by atoms with Crippen LogP contribution in [-0.2, 0) is 32.3 Å². The molecule has 2 aromatic rings. The van der Waals surface area contributed by atoms with Gasteiger partial charge in [-0.05, 0) is 11.1 Å². The van der Waals surface area contributed by atoms with Crippen molar-refractivity contribution in [2.24, 2.45) is 11.8 Å². The van der Waals surface area contributed by atoms with E-state index in [0.29, 0.717) is 6.29 Å². The van der Waals surface area contributed by atoms with Gasteiger partial charge in [0.15, 0.2) is 0 Å². The van der Waals surface area contributed by atoms with Gasteiger partial charge in [-0.25, -0.2) is 4.79 Å². The molecule has 8 nitrogen and oxygen atoms in total. The van der Waals surface area contributed by atoms with E-state index >= 15 is 0 Å². The number of hydrogen-bond donors (Lipinski definition) is 2. The maximum atomic E-state index is 12.7. The Morgan fingerprint density at radius 3 is 1.90 bits per heavy atom. The number of rotatable bonds is 11. The Hall–Kier alpha value is -3.68. The van der Waals surface area contributed by atoms with Gasteiger partial charge in [-0.2, -0.15) is 0 Å². The summed E-state index contributed by atoms with van der Waals surface area (Å²) in [5.74, 6) is -5.74. The minimum Gasteiger partial charge on any atom is -0.481 e. The van der Waals surface area contributed by atoms with Crippen molar-refractivity contribution >= 4 is 24.3 Å². The molecule has 0 unspecified atom stereocenters. The number of benzene rings is 2. The van der Waals surface area contributed by atoms with E-state index in [0.717, 1.165) is 16.0 Å². The van der Waals surface area contributed by atoms with Crippen LogP contribution in [0.25, 0.3) is 0 Å². The summed E-state index contributed by atoms with van der Waals surface area (Å²) in [6.45, 7) is -0.395. The van der Waals surface area contributed by atoms with E-state index in [2.05, 4.69) is 0 Å². The van der Waals surface area contributed by atoms with Crippen molar-refractivity contribution < 1.29 is 34.1 Å². The standard InChI is InChI=1S/C22H23NO7/c24-12-11-18(20(25)26)19(21(27)28)14-23(13-16-7-3-1-4-8-16)22(29)30-15-17-9-5-2-6-10-17/h1-10,12,18-19H,11,13-15H2,(H,25,26)(H,27,28)/t18-,19-/m0/s1.